The second kappa shape index (κ2) is 12.2. The third kappa shape index (κ3) is 6.94. The highest BCUT2D eigenvalue weighted by Gasteiger charge is 2.35. The number of hydrogen-bond acceptors (Lipinski definition) is 2. The minimum Gasteiger partial charge on any atom is -0.453 e. The van der Waals surface area contributed by atoms with Crippen LogP contribution in [0.2, 0.25) is 0 Å². The number of ether oxygens (including phenoxy) is 2. The third-order valence-corrected chi connectivity index (χ3v) is 8.14. The van der Waals surface area contributed by atoms with E-state index in [0.717, 1.165) is 24.8 Å². The van der Waals surface area contributed by atoms with Crippen LogP contribution >= 0.6 is 0 Å². The molecule has 2 fully saturated rings. The molecular formula is C29H32F7O2. The number of halogens is 7. The largest absolute Gasteiger partial charge is 0.573 e. The quantitative estimate of drug-likeness (QED) is 0.307. The Labute approximate surface area is 218 Å². The van der Waals surface area contributed by atoms with Crippen LogP contribution < -0.4 is 9.47 Å². The Hall–Kier alpha value is -2.45. The molecule has 2 aliphatic rings. The van der Waals surface area contributed by atoms with E-state index >= 15 is 4.39 Å². The minimum atomic E-state index is -5.30. The third-order valence-electron chi connectivity index (χ3n) is 8.14. The highest BCUT2D eigenvalue weighted by atomic mass is 19.4. The molecule has 38 heavy (non-hydrogen) atoms. The molecule has 2 aliphatic carbocycles. The molecule has 2 aromatic carbocycles. The molecule has 2 nitrogen and oxygen atoms in total. The molecule has 0 spiro atoms. The Morgan fingerprint density at radius 1 is 0.842 bits per heavy atom. The molecule has 0 amide bonds. The first-order chi connectivity index (χ1) is 18.1. The van der Waals surface area contributed by atoms with Crippen LogP contribution in [0.3, 0.4) is 0 Å². The van der Waals surface area contributed by atoms with Crippen molar-refractivity contribution in [2.24, 2.45) is 17.8 Å². The van der Waals surface area contributed by atoms with Crippen LogP contribution in [0.25, 0.3) is 0 Å². The predicted molar refractivity (Wildman–Crippen MR) is 128 cm³/mol. The van der Waals surface area contributed by atoms with Crippen LogP contribution in [0.4, 0.5) is 30.7 Å². The first kappa shape index (κ1) is 28.6. The molecule has 2 saturated carbocycles. The van der Waals surface area contributed by atoms with Gasteiger partial charge in [0.05, 0.1) is 0 Å². The summed E-state index contributed by atoms with van der Waals surface area (Å²) >= 11 is 0. The molecule has 0 aromatic heterocycles. The first-order valence-electron chi connectivity index (χ1n) is 13.4. The van der Waals surface area contributed by atoms with Gasteiger partial charge in [-0.15, -0.1) is 13.2 Å². The van der Waals surface area contributed by atoms with E-state index in [-0.39, 0.29) is 11.5 Å². The number of unbranched alkanes of at least 4 members (excludes halogenated alkanes) is 1. The Balaban J connectivity index is 1.41. The maximum absolute atomic E-state index is 15.3. The van der Waals surface area contributed by atoms with Gasteiger partial charge in [-0.2, -0.15) is 0 Å². The van der Waals surface area contributed by atoms with Crippen molar-refractivity contribution < 1.29 is 40.2 Å². The van der Waals surface area contributed by atoms with Gasteiger partial charge in [0.1, 0.15) is 11.6 Å². The maximum atomic E-state index is 15.3. The average molecular weight is 546 g/mol. The second-order valence-electron chi connectivity index (χ2n) is 10.6. The van der Waals surface area contributed by atoms with Gasteiger partial charge in [0.2, 0.25) is 5.75 Å². The average Bonchev–Trinajstić information content (AvgIpc) is 2.87. The van der Waals surface area contributed by atoms with Crippen molar-refractivity contribution >= 4 is 0 Å². The lowest BCUT2D eigenvalue weighted by Gasteiger charge is -2.38. The summed E-state index contributed by atoms with van der Waals surface area (Å²) in [5.41, 5.74) is -0.154. The van der Waals surface area contributed by atoms with Gasteiger partial charge < -0.3 is 9.47 Å². The lowest BCUT2D eigenvalue weighted by molar-refractivity contribution is -0.276. The van der Waals surface area contributed by atoms with Gasteiger partial charge in [-0.05, 0) is 68.3 Å². The van der Waals surface area contributed by atoms with Crippen LogP contribution in [0.5, 0.6) is 17.2 Å². The Morgan fingerprint density at radius 3 is 1.97 bits per heavy atom. The molecular weight excluding hydrogens is 513 g/mol. The first-order valence-corrected chi connectivity index (χ1v) is 13.4. The zero-order chi connectivity index (χ0) is 27.4. The van der Waals surface area contributed by atoms with E-state index in [9.17, 15) is 26.3 Å². The summed E-state index contributed by atoms with van der Waals surface area (Å²) < 4.78 is 104. The standard InChI is InChI=1S/C29H32F7O2/c1-2-3-4-17-5-7-18(8-6-17)19-9-11-20(12-10-19)26-22(30)13-14-25(27(26)33)37-21-15-23(31)28(24(32)16-21)38-29(34,35)36/h13,15-20H,2-12H2,1H3/t17-,18-,19?,20?. The van der Waals surface area contributed by atoms with Crippen molar-refractivity contribution in [3.63, 3.8) is 0 Å². The van der Waals surface area contributed by atoms with Crippen molar-refractivity contribution in [2.75, 3.05) is 0 Å². The molecule has 0 saturated heterocycles. The maximum Gasteiger partial charge on any atom is 0.573 e. The van der Waals surface area contributed by atoms with Gasteiger partial charge in [-0.3, -0.25) is 0 Å². The Morgan fingerprint density at radius 2 is 1.42 bits per heavy atom. The van der Waals surface area contributed by atoms with E-state index in [0.29, 0.717) is 36.8 Å². The monoisotopic (exact) mass is 545 g/mol. The minimum absolute atomic E-state index is 0.154. The summed E-state index contributed by atoms with van der Waals surface area (Å²) in [4.78, 5) is 0. The van der Waals surface area contributed by atoms with Crippen molar-refractivity contribution in [2.45, 2.75) is 89.8 Å². The number of rotatable bonds is 8. The summed E-state index contributed by atoms with van der Waals surface area (Å²) in [7, 11) is 0. The van der Waals surface area contributed by atoms with Gasteiger partial charge in [-0.1, -0.05) is 39.0 Å². The number of benzene rings is 2. The molecule has 0 aliphatic heterocycles. The summed E-state index contributed by atoms with van der Waals surface area (Å²) in [5, 5.41) is 0. The van der Waals surface area contributed by atoms with Gasteiger partial charge in [0, 0.05) is 23.8 Å². The van der Waals surface area contributed by atoms with Crippen molar-refractivity contribution in [3.05, 3.63) is 53.1 Å². The zero-order valence-corrected chi connectivity index (χ0v) is 21.3. The molecule has 1 radical (unpaired) electrons. The lowest BCUT2D eigenvalue weighted by atomic mass is 9.68. The van der Waals surface area contributed by atoms with E-state index in [4.69, 9.17) is 4.74 Å². The summed E-state index contributed by atoms with van der Waals surface area (Å²) in [5.74, 6) is -6.38. The molecule has 209 valence electrons. The lowest BCUT2D eigenvalue weighted by Crippen LogP contribution is -2.26. The molecule has 0 N–H and O–H groups in total. The summed E-state index contributed by atoms with van der Waals surface area (Å²) in [6.07, 6.45) is 6.42. The fourth-order valence-electron chi connectivity index (χ4n) is 6.19. The molecule has 9 heteroatoms. The van der Waals surface area contributed by atoms with E-state index in [1.54, 1.807) is 0 Å². The number of hydrogen-bond donors (Lipinski definition) is 0. The Bertz CT molecular complexity index is 1060. The van der Waals surface area contributed by atoms with E-state index in [1.165, 1.54) is 44.9 Å². The van der Waals surface area contributed by atoms with E-state index in [1.807, 2.05) is 0 Å². The van der Waals surface area contributed by atoms with Crippen LogP contribution in [0, 0.1) is 47.1 Å². The molecule has 4 rings (SSSR count). The van der Waals surface area contributed by atoms with E-state index < -0.39 is 46.9 Å². The summed E-state index contributed by atoms with van der Waals surface area (Å²) in [6, 6.07) is 4.05. The predicted octanol–water partition coefficient (Wildman–Crippen LogP) is 10.0. The molecule has 0 unspecified atom stereocenters. The fourth-order valence-corrected chi connectivity index (χ4v) is 6.19. The Kier molecular flexibility index (Phi) is 9.14. The van der Waals surface area contributed by atoms with Gasteiger partial charge in [-0.25, -0.2) is 17.6 Å². The highest BCUT2D eigenvalue weighted by molar-refractivity contribution is 5.40. The van der Waals surface area contributed by atoms with Crippen LogP contribution in [0.15, 0.2) is 18.2 Å². The molecule has 0 bridgehead atoms. The normalized spacial score (nSPS) is 24.3. The topological polar surface area (TPSA) is 18.5 Å². The molecule has 0 atom stereocenters. The summed E-state index contributed by atoms with van der Waals surface area (Å²) in [6.45, 7) is 2.21. The van der Waals surface area contributed by atoms with E-state index in [2.05, 4.69) is 17.7 Å². The second-order valence-corrected chi connectivity index (χ2v) is 10.6. The number of alkyl halides is 3. The van der Waals surface area contributed by atoms with Crippen LogP contribution in [0.1, 0.15) is 89.0 Å². The van der Waals surface area contributed by atoms with Crippen molar-refractivity contribution in [1.29, 1.82) is 0 Å². The van der Waals surface area contributed by atoms with Gasteiger partial charge in [0.25, 0.3) is 0 Å². The van der Waals surface area contributed by atoms with Crippen LogP contribution in [-0.2, 0) is 0 Å². The smallest absolute Gasteiger partial charge is 0.453 e. The molecule has 2 aromatic rings. The van der Waals surface area contributed by atoms with Crippen LogP contribution in [-0.4, -0.2) is 6.36 Å². The zero-order valence-electron chi connectivity index (χ0n) is 21.3. The van der Waals surface area contributed by atoms with Gasteiger partial charge in [0.15, 0.2) is 23.2 Å². The molecule has 0 heterocycles. The fraction of sp³-hybridized carbons (Fsp3) is 0.586. The van der Waals surface area contributed by atoms with Crippen molar-refractivity contribution in [3.8, 4) is 17.2 Å². The van der Waals surface area contributed by atoms with Gasteiger partial charge >= 0.3 is 6.36 Å². The highest BCUT2D eigenvalue weighted by Crippen LogP contribution is 2.46. The SMILES string of the molecule is CCCC[C@H]1CC[C@H](C2CCC(c3c(F)c[c]c(Oc4cc(F)c(OC(F)(F)F)c(F)c4)c3F)CC2)CC1. The van der Waals surface area contributed by atoms with Crippen molar-refractivity contribution in [1.82, 2.24) is 0 Å².